The third kappa shape index (κ3) is 2.30. The predicted octanol–water partition coefficient (Wildman–Crippen LogP) is 3.10. The van der Waals surface area contributed by atoms with Gasteiger partial charge in [-0.2, -0.15) is 0 Å². The number of benzene rings is 1. The van der Waals surface area contributed by atoms with Gasteiger partial charge in [0.05, 0.1) is 10.4 Å². The molecule has 5 heteroatoms. The average Bonchev–Trinajstić information content (AvgIpc) is 2.61. The van der Waals surface area contributed by atoms with Crippen LogP contribution in [0.4, 0.5) is 8.78 Å². The zero-order chi connectivity index (χ0) is 12.6. The van der Waals surface area contributed by atoms with Gasteiger partial charge in [-0.1, -0.05) is 28.7 Å². The number of rotatable bonds is 1. The average molecular weight is 272 g/mol. The molecule has 0 amide bonds. The van der Waals surface area contributed by atoms with Gasteiger partial charge in [0.2, 0.25) is 0 Å². The summed E-state index contributed by atoms with van der Waals surface area (Å²) in [4.78, 5) is 1.61. The van der Waals surface area contributed by atoms with E-state index >= 15 is 0 Å². The number of hydrogen-bond acceptors (Lipinski definition) is 2. The van der Waals surface area contributed by atoms with Crippen molar-refractivity contribution in [1.29, 1.82) is 0 Å². The van der Waals surface area contributed by atoms with E-state index in [9.17, 15) is 8.78 Å². The highest BCUT2D eigenvalue weighted by molar-refractivity contribution is 7.29. The summed E-state index contributed by atoms with van der Waals surface area (Å²) >= 11 is 2.96. The topological polar surface area (TPSA) is 3.01 Å². The van der Waals surface area contributed by atoms with E-state index < -0.39 is 11.6 Å². The van der Waals surface area contributed by atoms with Crippen molar-refractivity contribution in [2.45, 2.75) is 6.92 Å². The van der Waals surface area contributed by atoms with E-state index in [1.54, 1.807) is 11.3 Å². The van der Waals surface area contributed by atoms with Crippen LogP contribution in [0.25, 0.3) is 10.4 Å². The summed E-state index contributed by atoms with van der Waals surface area (Å²) in [6.07, 6.45) is 0. The zero-order valence-corrected chi connectivity index (χ0v) is 11.4. The van der Waals surface area contributed by atoms with Crippen LogP contribution in [0, 0.1) is 18.6 Å². The van der Waals surface area contributed by atoms with Gasteiger partial charge in [0.1, 0.15) is 25.7 Å². The third-order valence-electron chi connectivity index (χ3n) is 2.30. The summed E-state index contributed by atoms with van der Waals surface area (Å²) in [6, 6.07) is 3.96. The Bertz CT molecular complexity index is 601. The van der Waals surface area contributed by atoms with Crippen LogP contribution in [0.5, 0.6) is 0 Å². The Morgan fingerprint density at radius 3 is 2.12 bits per heavy atom. The monoisotopic (exact) mass is 272 g/mol. The number of aryl methyl sites for hydroxylation is 1. The van der Waals surface area contributed by atoms with Crippen LogP contribution in [0.3, 0.4) is 0 Å². The first-order valence-electron chi connectivity index (χ1n) is 5.06. The minimum absolute atomic E-state index is 0.0827. The molecule has 0 aliphatic rings. The standard InChI is InChI=1S/C12H12F2NS2/c1-7-11(17-12(16-7)15(2)3)10-8(13)5-4-6-9(10)14/h4-6H,1-3H3/q+1. The van der Waals surface area contributed by atoms with Crippen LogP contribution in [0.1, 0.15) is 4.88 Å². The Morgan fingerprint density at radius 2 is 1.65 bits per heavy atom. The van der Waals surface area contributed by atoms with Crippen LogP contribution < -0.4 is 8.56 Å². The van der Waals surface area contributed by atoms with Crippen molar-refractivity contribution in [2.24, 2.45) is 0 Å². The van der Waals surface area contributed by atoms with Gasteiger partial charge in [-0.15, -0.1) is 0 Å². The molecule has 0 fully saturated rings. The molecule has 2 aromatic rings. The Kier molecular flexibility index (Phi) is 3.40. The first-order valence-corrected chi connectivity index (χ1v) is 6.69. The number of nitrogens with zero attached hydrogens (tertiary/aromatic N) is 1. The largest absolute Gasteiger partial charge is 0.314 e. The molecular weight excluding hydrogens is 260 g/mol. The Hall–Kier alpha value is -1.07. The molecule has 0 unspecified atom stereocenters. The summed E-state index contributed by atoms with van der Waals surface area (Å²) in [5.41, 5.74) is 0.0827. The van der Waals surface area contributed by atoms with Gasteiger partial charge >= 0.3 is 3.98 Å². The van der Waals surface area contributed by atoms with Crippen molar-refractivity contribution in [3.05, 3.63) is 38.7 Å². The highest BCUT2D eigenvalue weighted by Gasteiger charge is 2.17. The smallest absolute Gasteiger partial charge is 0.217 e. The van der Waals surface area contributed by atoms with E-state index in [4.69, 9.17) is 0 Å². The Morgan fingerprint density at radius 1 is 1.06 bits per heavy atom. The van der Waals surface area contributed by atoms with E-state index in [-0.39, 0.29) is 5.56 Å². The van der Waals surface area contributed by atoms with Crippen LogP contribution in [0.2, 0.25) is 0 Å². The molecule has 17 heavy (non-hydrogen) atoms. The predicted molar refractivity (Wildman–Crippen MR) is 69.4 cm³/mol. The van der Waals surface area contributed by atoms with Crippen molar-refractivity contribution in [2.75, 3.05) is 14.1 Å². The van der Waals surface area contributed by atoms with Crippen LogP contribution >= 0.6 is 22.7 Å². The molecule has 0 saturated heterocycles. The lowest BCUT2D eigenvalue weighted by molar-refractivity contribution is 0.590. The fraction of sp³-hybridized carbons (Fsp3) is 0.250. The minimum atomic E-state index is -0.507. The zero-order valence-electron chi connectivity index (χ0n) is 9.75. The van der Waals surface area contributed by atoms with E-state index in [1.807, 2.05) is 25.6 Å². The molecule has 0 bridgehead atoms. The van der Waals surface area contributed by atoms with Crippen LogP contribution in [0.15, 0.2) is 18.2 Å². The molecule has 0 aliphatic heterocycles. The number of hydrogen-bond donors (Lipinski definition) is 0. The van der Waals surface area contributed by atoms with Crippen molar-refractivity contribution in [3.8, 4) is 10.4 Å². The first-order chi connectivity index (χ1) is 8.00. The lowest BCUT2D eigenvalue weighted by Crippen LogP contribution is -2.14. The maximum Gasteiger partial charge on any atom is 0.314 e. The van der Waals surface area contributed by atoms with Crippen molar-refractivity contribution < 1.29 is 8.78 Å². The minimum Gasteiger partial charge on any atom is -0.217 e. The van der Waals surface area contributed by atoms with Crippen LogP contribution in [-0.2, 0) is 0 Å². The summed E-state index contributed by atoms with van der Waals surface area (Å²) in [7, 11) is 3.84. The molecular formula is C12H12F2NS2+. The summed E-state index contributed by atoms with van der Waals surface area (Å²) in [6.45, 7) is 1.88. The van der Waals surface area contributed by atoms with Gasteiger partial charge in [-0.3, -0.25) is 0 Å². The summed E-state index contributed by atoms with van der Waals surface area (Å²) in [5, 5.41) is 0. The van der Waals surface area contributed by atoms with Crippen molar-refractivity contribution in [1.82, 2.24) is 4.58 Å². The number of halogens is 2. The molecule has 0 spiro atoms. The second-order valence-corrected chi connectivity index (χ2v) is 6.31. The molecule has 1 aromatic carbocycles. The van der Waals surface area contributed by atoms with Crippen molar-refractivity contribution >= 4 is 22.7 Å². The molecule has 0 saturated carbocycles. The molecule has 1 aromatic heterocycles. The maximum atomic E-state index is 13.7. The van der Waals surface area contributed by atoms with Gasteiger partial charge < -0.3 is 0 Å². The van der Waals surface area contributed by atoms with Gasteiger partial charge in [0.15, 0.2) is 0 Å². The molecule has 1 nitrogen and oxygen atoms in total. The summed E-state index contributed by atoms with van der Waals surface area (Å²) < 4.78 is 30.3. The highest BCUT2D eigenvalue weighted by Crippen LogP contribution is 2.32. The quantitative estimate of drug-likeness (QED) is 0.702. The maximum absolute atomic E-state index is 13.7. The fourth-order valence-electron chi connectivity index (χ4n) is 1.48. The SMILES string of the molecule is Cc1sc(=[N+](C)C)sc1-c1c(F)cccc1F. The lowest BCUT2D eigenvalue weighted by Gasteiger charge is -2.01. The van der Waals surface area contributed by atoms with E-state index in [1.165, 1.54) is 29.5 Å². The molecule has 1 heterocycles. The van der Waals surface area contributed by atoms with Crippen LogP contribution in [-0.4, -0.2) is 14.1 Å². The second-order valence-electron chi connectivity index (χ2n) is 3.85. The van der Waals surface area contributed by atoms with E-state index in [0.29, 0.717) is 4.88 Å². The van der Waals surface area contributed by atoms with Gasteiger partial charge in [-0.05, 0) is 19.1 Å². The molecule has 0 aliphatic carbocycles. The molecule has 0 radical (unpaired) electrons. The van der Waals surface area contributed by atoms with Crippen molar-refractivity contribution in [3.63, 3.8) is 0 Å². The van der Waals surface area contributed by atoms with Gasteiger partial charge in [0.25, 0.3) is 0 Å². The second kappa shape index (κ2) is 4.66. The van der Waals surface area contributed by atoms with Gasteiger partial charge in [-0.25, -0.2) is 13.4 Å². The summed E-state index contributed by atoms with van der Waals surface area (Å²) in [5.74, 6) is -1.01. The Balaban J connectivity index is 2.74. The lowest BCUT2D eigenvalue weighted by atomic mass is 10.1. The van der Waals surface area contributed by atoms with E-state index in [0.717, 1.165) is 8.86 Å². The highest BCUT2D eigenvalue weighted by atomic mass is 32.2. The fourth-order valence-corrected chi connectivity index (χ4v) is 3.96. The first kappa shape index (κ1) is 12.4. The van der Waals surface area contributed by atoms with Gasteiger partial charge in [0, 0.05) is 4.88 Å². The molecule has 0 N–H and O–H groups in total. The molecule has 2 rings (SSSR count). The molecule has 90 valence electrons. The van der Waals surface area contributed by atoms with E-state index in [2.05, 4.69) is 0 Å². The normalized spacial score (nSPS) is 10.6. The molecule has 0 atom stereocenters. The Labute approximate surface area is 106 Å². The third-order valence-corrected chi connectivity index (χ3v) is 5.24.